The topological polar surface area (TPSA) is 51.5 Å². The minimum absolute atomic E-state index is 0.0297. The summed E-state index contributed by atoms with van der Waals surface area (Å²) in [4.78, 5) is 12.4. The van der Waals surface area contributed by atoms with E-state index in [4.69, 9.17) is 9.84 Å². The van der Waals surface area contributed by atoms with Gasteiger partial charge in [0.05, 0.1) is 12.3 Å². The van der Waals surface area contributed by atoms with Crippen LogP contribution in [0.25, 0.3) is 5.69 Å². The number of pyridine rings is 1. The Morgan fingerprint density at radius 1 is 1.25 bits per heavy atom. The van der Waals surface area contributed by atoms with Gasteiger partial charge in [-0.3, -0.25) is 9.36 Å². The third-order valence-electron chi connectivity index (χ3n) is 3.20. The van der Waals surface area contributed by atoms with Gasteiger partial charge < -0.3 is 9.84 Å². The smallest absolute Gasteiger partial charge is 0.258 e. The van der Waals surface area contributed by atoms with Gasteiger partial charge in [0, 0.05) is 37.5 Å². The third kappa shape index (κ3) is 2.98. The normalized spacial score (nSPS) is 10.8. The Morgan fingerprint density at radius 2 is 2.05 bits per heavy atom. The standard InChI is InChI=1S/C16H19NO3/c1-12-5-6-15(14(10-12)11-20-2)17-8-3-4-13(7-9-18)16(17)19/h3-6,8,10,18H,7,9,11H2,1-2H3. The first-order chi connectivity index (χ1) is 9.67. The van der Waals surface area contributed by atoms with Gasteiger partial charge in [-0.05, 0) is 19.1 Å². The molecule has 0 saturated carbocycles. The first-order valence-electron chi connectivity index (χ1n) is 6.57. The largest absolute Gasteiger partial charge is 0.396 e. The Morgan fingerprint density at radius 3 is 2.75 bits per heavy atom. The van der Waals surface area contributed by atoms with Crippen LogP contribution in [0, 0.1) is 6.92 Å². The summed E-state index contributed by atoms with van der Waals surface area (Å²) in [6.07, 6.45) is 2.11. The van der Waals surface area contributed by atoms with Crippen molar-refractivity contribution in [2.45, 2.75) is 20.0 Å². The third-order valence-corrected chi connectivity index (χ3v) is 3.20. The summed E-state index contributed by atoms with van der Waals surface area (Å²) in [5.74, 6) is 0. The molecule has 0 atom stereocenters. The number of hydrogen-bond acceptors (Lipinski definition) is 3. The van der Waals surface area contributed by atoms with Crippen LogP contribution in [0.4, 0.5) is 0 Å². The molecule has 1 N–H and O–H groups in total. The quantitative estimate of drug-likeness (QED) is 0.904. The van der Waals surface area contributed by atoms with E-state index in [-0.39, 0.29) is 12.2 Å². The fraction of sp³-hybridized carbons (Fsp3) is 0.312. The van der Waals surface area contributed by atoms with E-state index < -0.39 is 0 Å². The van der Waals surface area contributed by atoms with Crippen molar-refractivity contribution in [2.24, 2.45) is 0 Å². The number of benzene rings is 1. The van der Waals surface area contributed by atoms with Crippen molar-refractivity contribution in [3.8, 4) is 5.69 Å². The minimum atomic E-state index is -0.0947. The monoisotopic (exact) mass is 273 g/mol. The van der Waals surface area contributed by atoms with Gasteiger partial charge in [-0.15, -0.1) is 0 Å². The molecule has 0 fully saturated rings. The van der Waals surface area contributed by atoms with E-state index in [1.54, 1.807) is 23.9 Å². The highest BCUT2D eigenvalue weighted by Gasteiger charge is 2.09. The molecule has 0 bridgehead atoms. The molecule has 0 aliphatic rings. The predicted molar refractivity (Wildman–Crippen MR) is 78.3 cm³/mol. The SMILES string of the molecule is COCc1cc(C)ccc1-n1cccc(CCO)c1=O. The summed E-state index contributed by atoms with van der Waals surface area (Å²) >= 11 is 0. The van der Waals surface area contributed by atoms with Gasteiger partial charge in [0.25, 0.3) is 5.56 Å². The van der Waals surface area contributed by atoms with Gasteiger partial charge in [-0.1, -0.05) is 23.8 Å². The van der Waals surface area contributed by atoms with Gasteiger partial charge in [-0.2, -0.15) is 0 Å². The van der Waals surface area contributed by atoms with Gasteiger partial charge in [0.2, 0.25) is 0 Å². The van der Waals surface area contributed by atoms with Crippen LogP contribution >= 0.6 is 0 Å². The van der Waals surface area contributed by atoms with E-state index in [2.05, 4.69) is 0 Å². The lowest BCUT2D eigenvalue weighted by Gasteiger charge is -2.13. The second-order valence-corrected chi connectivity index (χ2v) is 4.75. The first kappa shape index (κ1) is 14.5. The number of rotatable bonds is 5. The molecule has 0 spiro atoms. The number of aryl methyl sites for hydroxylation is 1. The highest BCUT2D eigenvalue weighted by atomic mass is 16.5. The predicted octanol–water partition coefficient (Wildman–Crippen LogP) is 1.83. The Kier molecular flexibility index (Phi) is 4.71. The summed E-state index contributed by atoms with van der Waals surface area (Å²) in [5, 5.41) is 9.01. The number of aliphatic hydroxyl groups excluding tert-OH is 1. The Labute approximate surface area is 118 Å². The number of methoxy groups -OCH3 is 1. The van der Waals surface area contributed by atoms with Crippen molar-refractivity contribution in [1.29, 1.82) is 0 Å². The van der Waals surface area contributed by atoms with Crippen LogP contribution in [-0.2, 0) is 17.8 Å². The van der Waals surface area contributed by atoms with Gasteiger partial charge in [0.15, 0.2) is 0 Å². The van der Waals surface area contributed by atoms with Gasteiger partial charge in [0.1, 0.15) is 0 Å². The lowest BCUT2D eigenvalue weighted by molar-refractivity contribution is 0.184. The Hall–Kier alpha value is -1.91. The number of nitrogens with zero attached hydrogens (tertiary/aromatic N) is 1. The Bertz CT molecular complexity index is 646. The molecule has 0 aliphatic heterocycles. The first-order valence-corrected chi connectivity index (χ1v) is 6.57. The molecule has 2 aromatic rings. The van der Waals surface area contributed by atoms with Crippen molar-refractivity contribution < 1.29 is 9.84 Å². The van der Waals surface area contributed by atoms with Crippen molar-refractivity contribution in [1.82, 2.24) is 4.57 Å². The molecule has 0 saturated heterocycles. The van der Waals surface area contributed by atoms with Crippen molar-refractivity contribution in [3.05, 3.63) is 63.6 Å². The minimum Gasteiger partial charge on any atom is -0.396 e. The van der Waals surface area contributed by atoms with Crippen LogP contribution in [-0.4, -0.2) is 23.4 Å². The zero-order chi connectivity index (χ0) is 14.5. The number of aliphatic hydroxyl groups is 1. The van der Waals surface area contributed by atoms with E-state index in [0.717, 1.165) is 16.8 Å². The maximum absolute atomic E-state index is 12.4. The highest BCUT2D eigenvalue weighted by molar-refractivity contribution is 5.43. The van der Waals surface area contributed by atoms with E-state index in [0.29, 0.717) is 18.6 Å². The summed E-state index contributed by atoms with van der Waals surface area (Å²) in [7, 11) is 1.64. The van der Waals surface area contributed by atoms with E-state index >= 15 is 0 Å². The molecule has 4 nitrogen and oxygen atoms in total. The fourth-order valence-corrected chi connectivity index (χ4v) is 2.26. The lowest BCUT2D eigenvalue weighted by atomic mass is 10.1. The van der Waals surface area contributed by atoms with E-state index in [1.165, 1.54) is 0 Å². The zero-order valence-corrected chi connectivity index (χ0v) is 11.8. The molecule has 1 aromatic heterocycles. The second kappa shape index (κ2) is 6.50. The maximum Gasteiger partial charge on any atom is 0.258 e. The Balaban J connectivity index is 2.56. The number of aromatic nitrogens is 1. The molecule has 0 amide bonds. The fourth-order valence-electron chi connectivity index (χ4n) is 2.26. The van der Waals surface area contributed by atoms with Crippen molar-refractivity contribution >= 4 is 0 Å². The van der Waals surface area contributed by atoms with Crippen molar-refractivity contribution in [3.63, 3.8) is 0 Å². The van der Waals surface area contributed by atoms with Crippen LogP contribution in [0.3, 0.4) is 0 Å². The molecule has 4 heteroatoms. The molecule has 0 radical (unpaired) electrons. The zero-order valence-electron chi connectivity index (χ0n) is 11.8. The van der Waals surface area contributed by atoms with Crippen LogP contribution in [0.1, 0.15) is 16.7 Å². The summed E-state index contributed by atoms with van der Waals surface area (Å²) in [6, 6.07) is 9.49. The number of hydrogen-bond donors (Lipinski definition) is 1. The lowest BCUT2D eigenvalue weighted by Crippen LogP contribution is -2.23. The summed E-state index contributed by atoms with van der Waals surface area (Å²) < 4.78 is 6.82. The van der Waals surface area contributed by atoms with E-state index in [1.807, 2.05) is 31.2 Å². The van der Waals surface area contributed by atoms with Gasteiger partial charge >= 0.3 is 0 Å². The summed E-state index contributed by atoms with van der Waals surface area (Å²) in [6.45, 7) is 2.43. The average Bonchev–Trinajstić information content (AvgIpc) is 2.43. The van der Waals surface area contributed by atoms with Crippen LogP contribution in [0.2, 0.25) is 0 Å². The van der Waals surface area contributed by atoms with Crippen LogP contribution < -0.4 is 5.56 Å². The molecule has 1 heterocycles. The molecule has 1 aromatic carbocycles. The van der Waals surface area contributed by atoms with Crippen LogP contribution in [0.15, 0.2) is 41.3 Å². The second-order valence-electron chi connectivity index (χ2n) is 4.75. The number of ether oxygens (including phenoxy) is 1. The molecular weight excluding hydrogens is 254 g/mol. The molecule has 0 aliphatic carbocycles. The van der Waals surface area contributed by atoms with E-state index in [9.17, 15) is 4.79 Å². The maximum atomic E-state index is 12.4. The molecule has 0 unspecified atom stereocenters. The van der Waals surface area contributed by atoms with Gasteiger partial charge in [-0.25, -0.2) is 0 Å². The van der Waals surface area contributed by atoms with Crippen LogP contribution in [0.5, 0.6) is 0 Å². The molecule has 106 valence electrons. The molecular formula is C16H19NO3. The molecule has 20 heavy (non-hydrogen) atoms. The summed E-state index contributed by atoms with van der Waals surface area (Å²) in [5.41, 5.74) is 3.43. The average molecular weight is 273 g/mol. The highest BCUT2D eigenvalue weighted by Crippen LogP contribution is 2.16. The molecule has 2 rings (SSSR count). The van der Waals surface area contributed by atoms with Crippen molar-refractivity contribution in [2.75, 3.05) is 13.7 Å².